The fourth-order valence-corrected chi connectivity index (χ4v) is 5.22. The van der Waals surface area contributed by atoms with Crippen molar-refractivity contribution in [2.24, 2.45) is 0 Å². The van der Waals surface area contributed by atoms with Gasteiger partial charge in [0.2, 0.25) is 5.91 Å². The topological polar surface area (TPSA) is 59.0 Å². The van der Waals surface area contributed by atoms with Crippen LogP contribution in [0.1, 0.15) is 5.01 Å². The molecule has 136 valence electrons. The summed E-state index contributed by atoms with van der Waals surface area (Å²) in [6.07, 6.45) is 0. The minimum Gasteiger partial charge on any atom is -0.315 e. The van der Waals surface area contributed by atoms with Gasteiger partial charge in [0.15, 0.2) is 0 Å². The number of aryl methyl sites for hydroxylation is 1. The molecule has 3 heterocycles. The van der Waals surface area contributed by atoms with Crippen LogP contribution >= 0.6 is 34.4 Å². The van der Waals surface area contributed by atoms with Gasteiger partial charge in [-0.15, -0.1) is 32.9 Å². The molecule has 0 saturated carbocycles. The number of hydrogen-bond donors (Lipinski definition) is 0. The van der Waals surface area contributed by atoms with Crippen LogP contribution in [-0.4, -0.2) is 33.9 Å². The van der Waals surface area contributed by atoms with Gasteiger partial charge in [0.25, 0.3) is 0 Å². The molecule has 4 rings (SSSR count). The highest BCUT2D eigenvalue weighted by Gasteiger charge is 2.18. The number of fused-ring (bicyclic) bond motifs is 1. The predicted octanol–water partition coefficient (Wildman–Crippen LogP) is 4.88. The second kappa shape index (κ2) is 7.75. The molecule has 8 heteroatoms. The molecule has 5 nitrogen and oxygen atoms in total. The van der Waals surface area contributed by atoms with Gasteiger partial charge in [0.1, 0.15) is 16.2 Å². The van der Waals surface area contributed by atoms with Crippen molar-refractivity contribution < 1.29 is 4.79 Å². The number of nitrogens with zero attached hydrogens (tertiary/aromatic N) is 4. The SMILES string of the molecule is Cc1nc2c(SCC(=O)N(C)c3ccccc3)nnc(-c3cccs3)c2s1. The van der Waals surface area contributed by atoms with Crippen LogP contribution in [-0.2, 0) is 4.79 Å². The number of aromatic nitrogens is 3. The zero-order valence-electron chi connectivity index (χ0n) is 14.7. The maximum Gasteiger partial charge on any atom is 0.237 e. The molecule has 27 heavy (non-hydrogen) atoms. The molecule has 0 saturated heterocycles. The highest BCUT2D eigenvalue weighted by Crippen LogP contribution is 2.36. The number of amides is 1. The third-order valence-electron chi connectivity index (χ3n) is 4.00. The summed E-state index contributed by atoms with van der Waals surface area (Å²) < 4.78 is 1.02. The smallest absolute Gasteiger partial charge is 0.237 e. The summed E-state index contributed by atoms with van der Waals surface area (Å²) in [5, 5.41) is 12.5. The summed E-state index contributed by atoms with van der Waals surface area (Å²) in [6, 6.07) is 13.6. The van der Waals surface area contributed by atoms with Crippen molar-refractivity contribution in [3.05, 3.63) is 52.9 Å². The lowest BCUT2D eigenvalue weighted by molar-refractivity contribution is -0.115. The molecular formula is C19H16N4OS3. The van der Waals surface area contributed by atoms with Gasteiger partial charge < -0.3 is 4.90 Å². The van der Waals surface area contributed by atoms with E-state index in [-0.39, 0.29) is 11.7 Å². The lowest BCUT2D eigenvalue weighted by atomic mass is 10.3. The molecule has 0 spiro atoms. The average molecular weight is 413 g/mol. The maximum atomic E-state index is 12.6. The van der Waals surface area contributed by atoms with Gasteiger partial charge in [-0.3, -0.25) is 4.79 Å². The van der Waals surface area contributed by atoms with E-state index < -0.39 is 0 Å². The molecule has 3 aromatic heterocycles. The van der Waals surface area contributed by atoms with Crippen LogP contribution in [0, 0.1) is 6.92 Å². The molecule has 1 aromatic carbocycles. The summed E-state index contributed by atoms with van der Waals surface area (Å²) in [5.41, 5.74) is 2.57. The summed E-state index contributed by atoms with van der Waals surface area (Å²) >= 11 is 4.63. The van der Waals surface area contributed by atoms with E-state index in [1.807, 2.05) is 54.8 Å². The second-order valence-corrected chi connectivity index (χ2v) is 8.93. The molecule has 4 aromatic rings. The number of rotatable bonds is 5. The molecule has 1 amide bonds. The molecule has 0 aliphatic rings. The molecule has 0 unspecified atom stereocenters. The van der Waals surface area contributed by atoms with Gasteiger partial charge in [-0.2, -0.15) is 0 Å². The standard InChI is InChI=1S/C19H16N4OS3/c1-12-20-17-18(27-12)16(14-9-6-10-25-14)21-22-19(17)26-11-15(24)23(2)13-7-4-3-5-8-13/h3-10H,11H2,1-2H3. The predicted molar refractivity (Wildman–Crippen MR) is 114 cm³/mol. The summed E-state index contributed by atoms with van der Waals surface area (Å²) in [4.78, 5) is 19.9. The molecule has 0 N–H and O–H groups in total. The maximum absolute atomic E-state index is 12.6. The molecule has 0 aliphatic carbocycles. The van der Waals surface area contributed by atoms with Gasteiger partial charge in [-0.25, -0.2) is 4.98 Å². The molecule has 0 radical (unpaired) electrons. The normalized spacial score (nSPS) is 11.0. The first-order valence-electron chi connectivity index (χ1n) is 8.25. The van der Waals surface area contributed by atoms with Crippen molar-refractivity contribution in [2.75, 3.05) is 17.7 Å². The highest BCUT2D eigenvalue weighted by atomic mass is 32.2. The first-order chi connectivity index (χ1) is 13.1. The Morgan fingerprint density at radius 3 is 2.70 bits per heavy atom. The van der Waals surface area contributed by atoms with Crippen LogP contribution in [0.25, 0.3) is 20.8 Å². The summed E-state index contributed by atoms with van der Waals surface area (Å²) in [7, 11) is 1.78. The summed E-state index contributed by atoms with van der Waals surface area (Å²) in [5.74, 6) is 0.292. The van der Waals surface area contributed by atoms with Gasteiger partial charge in [0.05, 0.1) is 20.3 Å². The highest BCUT2D eigenvalue weighted by molar-refractivity contribution is 8.00. The van der Waals surface area contributed by atoms with Crippen molar-refractivity contribution in [1.29, 1.82) is 0 Å². The number of para-hydroxylation sites is 1. The monoisotopic (exact) mass is 412 g/mol. The molecule has 0 fully saturated rings. The van der Waals surface area contributed by atoms with E-state index in [1.54, 1.807) is 34.6 Å². The summed E-state index contributed by atoms with van der Waals surface area (Å²) in [6.45, 7) is 1.98. The first-order valence-corrected chi connectivity index (χ1v) is 10.9. The minimum absolute atomic E-state index is 0.00966. The van der Waals surface area contributed by atoms with Crippen LogP contribution < -0.4 is 4.90 Å². The molecule has 0 bridgehead atoms. The Bertz CT molecular complexity index is 1080. The Labute approximate surface area is 169 Å². The number of carbonyl (C=O) groups excluding carboxylic acids is 1. The van der Waals surface area contributed by atoms with Crippen LogP contribution in [0.2, 0.25) is 0 Å². The largest absolute Gasteiger partial charge is 0.315 e. The van der Waals surface area contributed by atoms with Gasteiger partial charge in [-0.05, 0) is 30.5 Å². The zero-order chi connectivity index (χ0) is 18.8. The Morgan fingerprint density at radius 1 is 1.15 bits per heavy atom. The van der Waals surface area contributed by atoms with E-state index in [0.29, 0.717) is 5.03 Å². The van der Waals surface area contributed by atoms with Crippen LogP contribution in [0.15, 0.2) is 52.9 Å². The third-order valence-corrected chi connectivity index (χ3v) is 6.79. The Morgan fingerprint density at radius 2 is 1.96 bits per heavy atom. The number of thioether (sulfide) groups is 1. The van der Waals surface area contributed by atoms with E-state index >= 15 is 0 Å². The van der Waals surface area contributed by atoms with Crippen LogP contribution in [0.5, 0.6) is 0 Å². The van der Waals surface area contributed by atoms with Crippen LogP contribution in [0.4, 0.5) is 5.69 Å². The third kappa shape index (κ3) is 3.73. The number of thiophene rings is 1. The van der Waals surface area contributed by atoms with Crippen molar-refractivity contribution in [2.45, 2.75) is 11.9 Å². The first kappa shape index (κ1) is 18.1. The van der Waals surface area contributed by atoms with Crippen molar-refractivity contribution >= 4 is 56.2 Å². The zero-order valence-corrected chi connectivity index (χ0v) is 17.2. The average Bonchev–Trinajstić information content (AvgIpc) is 3.35. The quantitative estimate of drug-likeness (QED) is 0.437. The lowest BCUT2D eigenvalue weighted by Gasteiger charge is -2.16. The lowest BCUT2D eigenvalue weighted by Crippen LogP contribution is -2.27. The number of benzene rings is 1. The van der Waals surface area contributed by atoms with Crippen LogP contribution in [0.3, 0.4) is 0 Å². The van der Waals surface area contributed by atoms with E-state index in [4.69, 9.17) is 0 Å². The van der Waals surface area contributed by atoms with Gasteiger partial charge in [-0.1, -0.05) is 36.0 Å². The van der Waals surface area contributed by atoms with E-state index in [9.17, 15) is 4.79 Å². The van der Waals surface area contributed by atoms with Gasteiger partial charge >= 0.3 is 0 Å². The van der Waals surface area contributed by atoms with E-state index in [1.165, 1.54) is 11.8 Å². The second-order valence-electron chi connectivity index (χ2n) is 5.82. The van der Waals surface area contributed by atoms with E-state index in [0.717, 1.165) is 31.5 Å². The van der Waals surface area contributed by atoms with Crippen molar-refractivity contribution in [1.82, 2.24) is 15.2 Å². The number of carbonyl (C=O) groups is 1. The number of anilines is 1. The van der Waals surface area contributed by atoms with E-state index in [2.05, 4.69) is 15.2 Å². The number of thiazole rings is 1. The number of hydrogen-bond acceptors (Lipinski definition) is 7. The van der Waals surface area contributed by atoms with Crippen molar-refractivity contribution in [3.8, 4) is 10.6 Å². The Hall–Kier alpha value is -2.29. The van der Waals surface area contributed by atoms with Crippen molar-refractivity contribution in [3.63, 3.8) is 0 Å². The fraction of sp³-hybridized carbons (Fsp3) is 0.158. The fourth-order valence-electron chi connectivity index (χ4n) is 2.61. The molecule has 0 atom stereocenters. The molecular weight excluding hydrogens is 396 g/mol. The Kier molecular flexibility index (Phi) is 5.20. The minimum atomic E-state index is 0.00966. The molecule has 0 aliphatic heterocycles. The Balaban J connectivity index is 1.58. The van der Waals surface area contributed by atoms with Gasteiger partial charge in [0, 0.05) is 12.7 Å².